The fourth-order valence-corrected chi connectivity index (χ4v) is 1.83. The van der Waals surface area contributed by atoms with Gasteiger partial charge in [0.25, 0.3) is 0 Å². The van der Waals surface area contributed by atoms with Crippen LogP contribution in [0.2, 0.25) is 5.02 Å². The van der Waals surface area contributed by atoms with Gasteiger partial charge in [0.1, 0.15) is 10.8 Å². The number of nitrogens with zero attached hydrogens (tertiary/aromatic N) is 2. The Morgan fingerprint density at radius 2 is 1.95 bits per heavy atom. The van der Waals surface area contributed by atoms with Gasteiger partial charge >= 0.3 is 0 Å². The third-order valence-corrected chi connectivity index (χ3v) is 3.07. The summed E-state index contributed by atoms with van der Waals surface area (Å²) in [7, 11) is 0. The maximum absolute atomic E-state index is 6.05. The van der Waals surface area contributed by atoms with Crippen LogP contribution in [0.25, 0.3) is 0 Å². The molecule has 0 saturated carbocycles. The molecule has 5 heteroatoms. The minimum absolute atomic E-state index is 0.356. The second kappa shape index (κ2) is 6.57. The predicted octanol–water partition coefficient (Wildman–Crippen LogP) is 4.48. The number of halogens is 1. The summed E-state index contributed by atoms with van der Waals surface area (Å²) in [4.78, 5) is 8.31. The minimum atomic E-state index is 0.356. The molecular formula is C15H18ClN3O. The van der Waals surface area contributed by atoms with E-state index in [1.165, 1.54) is 11.8 Å². The molecule has 20 heavy (non-hydrogen) atoms. The summed E-state index contributed by atoms with van der Waals surface area (Å²) in [5.41, 5.74) is 1.26. The maximum Gasteiger partial charge on any atom is 0.243 e. The van der Waals surface area contributed by atoms with Crippen LogP contribution >= 0.6 is 11.6 Å². The average Bonchev–Trinajstić information content (AvgIpc) is 2.43. The Morgan fingerprint density at radius 3 is 2.55 bits per heavy atom. The molecule has 0 aliphatic heterocycles. The van der Waals surface area contributed by atoms with Gasteiger partial charge in [0.15, 0.2) is 0 Å². The largest absolute Gasteiger partial charge is 0.437 e. The molecule has 0 saturated heterocycles. The van der Waals surface area contributed by atoms with Gasteiger partial charge in [-0.15, -0.1) is 0 Å². The lowest BCUT2D eigenvalue weighted by molar-refractivity contribution is 0.462. The van der Waals surface area contributed by atoms with E-state index < -0.39 is 0 Å². The highest BCUT2D eigenvalue weighted by atomic mass is 35.5. The number of rotatable bonds is 5. The summed E-state index contributed by atoms with van der Waals surface area (Å²) in [5.74, 6) is 2.06. The lowest BCUT2D eigenvalue weighted by atomic mass is 10.0. The molecule has 1 aromatic heterocycles. The summed E-state index contributed by atoms with van der Waals surface area (Å²) in [5, 5.41) is 3.41. The smallest absolute Gasteiger partial charge is 0.243 e. The zero-order chi connectivity index (χ0) is 14.5. The molecule has 0 spiro atoms. The van der Waals surface area contributed by atoms with Crippen LogP contribution in [0.1, 0.15) is 32.3 Å². The Hall–Kier alpha value is -1.81. The lowest BCUT2D eigenvalue weighted by Crippen LogP contribution is -2.02. The predicted molar refractivity (Wildman–Crippen MR) is 81.8 cm³/mol. The van der Waals surface area contributed by atoms with Crippen molar-refractivity contribution >= 4 is 17.5 Å². The zero-order valence-corrected chi connectivity index (χ0v) is 12.6. The van der Waals surface area contributed by atoms with Gasteiger partial charge in [0.05, 0.1) is 6.20 Å². The van der Waals surface area contributed by atoms with E-state index in [0.29, 0.717) is 28.5 Å². The molecule has 0 atom stereocenters. The number of anilines is 1. The highest BCUT2D eigenvalue weighted by Crippen LogP contribution is 2.28. The Labute approximate surface area is 124 Å². The SMILES string of the molecule is CCNc1ncc(Cl)c(Oc2ccc(C(C)C)cc2)n1. The van der Waals surface area contributed by atoms with Gasteiger partial charge in [-0.3, -0.25) is 0 Å². The molecule has 0 aliphatic rings. The van der Waals surface area contributed by atoms with Crippen molar-refractivity contribution in [3.05, 3.63) is 41.0 Å². The fraction of sp³-hybridized carbons (Fsp3) is 0.333. The maximum atomic E-state index is 6.05. The molecule has 0 fully saturated rings. The van der Waals surface area contributed by atoms with Crippen molar-refractivity contribution in [3.63, 3.8) is 0 Å². The molecule has 2 aromatic rings. The van der Waals surface area contributed by atoms with Crippen LogP contribution in [-0.4, -0.2) is 16.5 Å². The monoisotopic (exact) mass is 291 g/mol. The molecule has 0 unspecified atom stereocenters. The molecule has 1 heterocycles. The molecule has 0 radical (unpaired) electrons. The first-order chi connectivity index (χ1) is 9.60. The molecule has 0 aliphatic carbocycles. The molecular weight excluding hydrogens is 274 g/mol. The second-order valence-corrected chi connectivity index (χ2v) is 5.11. The molecule has 106 valence electrons. The third-order valence-electron chi connectivity index (χ3n) is 2.81. The Morgan fingerprint density at radius 1 is 1.25 bits per heavy atom. The van der Waals surface area contributed by atoms with Gasteiger partial charge in [0.2, 0.25) is 11.8 Å². The van der Waals surface area contributed by atoms with Crippen molar-refractivity contribution in [1.29, 1.82) is 0 Å². The molecule has 1 N–H and O–H groups in total. The van der Waals surface area contributed by atoms with Crippen LogP contribution < -0.4 is 10.1 Å². The van der Waals surface area contributed by atoms with E-state index in [0.717, 1.165) is 6.54 Å². The number of hydrogen-bond acceptors (Lipinski definition) is 4. The minimum Gasteiger partial charge on any atom is -0.437 e. The Kier molecular flexibility index (Phi) is 4.79. The van der Waals surface area contributed by atoms with Crippen LogP contribution in [0.5, 0.6) is 11.6 Å². The Bertz CT molecular complexity index is 570. The van der Waals surface area contributed by atoms with Crippen LogP contribution in [0.15, 0.2) is 30.5 Å². The first-order valence-corrected chi connectivity index (χ1v) is 7.02. The number of hydrogen-bond donors (Lipinski definition) is 1. The van der Waals surface area contributed by atoms with E-state index in [-0.39, 0.29) is 0 Å². The number of nitrogens with one attached hydrogen (secondary N) is 1. The van der Waals surface area contributed by atoms with Crippen molar-refractivity contribution in [2.45, 2.75) is 26.7 Å². The first-order valence-electron chi connectivity index (χ1n) is 6.64. The number of aromatic nitrogens is 2. The summed E-state index contributed by atoms with van der Waals surface area (Å²) in [6, 6.07) is 7.92. The van der Waals surface area contributed by atoms with Gasteiger partial charge in [-0.1, -0.05) is 37.6 Å². The topological polar surface area (TPSA) is 47.0 Å². The number of benzene rings is 1. The fourth-order valence-electron chi connectivity index (χ4n) is 1.70. The van der Waals surface area contributed by atoms with Crippen molar-refractivity contribution in [1.82, 2.24) is 9.97 Å². The highest BCUT2D eigenvalue weighted by molar-refractivity contribution is 6.31. The number of ether oxygens (including phenoxy) is 1. The van der Waals surface area contributed by atoms with Gasteiger partial charge in [0, 0.05) is 6.54 Å². The summed E-state index contributed by atoms with van der Waals surface area (Å²) >= 11 is 6.05. The van der Waals surface area contributed by atoms with Gasteiger partial charge in [-0.25, -0.2) is 4.98 Å². The first kappa shape index (κ1) is 14.6. The second-order valence-electron chi connectivity index (χ2n) is 4.70. The molecule has 0 amide bonds. The summed E-state index contributed by atoms with van der Waals surface area (Å²) in [6.45, 7) is 7.02. The summed E-state index contributed by atoms with van der Waals surface area (Å²) in [6.07, 6.45) is 1.53. The van der Waals surface area contributed by atoms with Crippen molar-refractivity contribution in [3.8, 4) is 11.6 Å². The zero-order valence-electron chi connectivity index (χ0n) is 11.9. The van der Waals surface area contributed by atoms with Gasteiger partial charge in [-0.2, -0.15) is 4.98 Å². The van der Waals surface area contributed by atoms with E-state index in [9.17, 15) is 0 Å². The van der Waals surface area contributed by atoms with E-state index in [4.69, 9.17) is 16.3 Å². The highest BCUT2D eigenvalue weighted by Gasteiger charge is 2.08. The van der Waals surface area contributed by atoms with Crippen molar-refractivity contribution in [2.75, 3.05) is 11.9 Å². The van der Waals surface area contributed by atoms with Crippen LogP contribution in [0.4, 0.5) is 5.95 Å². The molecule has 2 rings (SSSR count). The van der Waals surface area contributed by atoms with Crippen LogP contribution in [-0.2, 0) is 0 Å². The molecule has 0 bridgehead atoms. The average molecular weight is 292 g/mol. The van der Waals surface area contributed by atoms with Gasteiger partial charge in [-0.05, 0) is 30.5 Å². The van der Waals surface area contributed by atoms with Crippen molar-refractivity contribution in [2.24, 2.45) is 0 Å². The standard InChI is InChI=1S/C15H18ClN3O/c1-4-17-15-18-9-13(16)14(19-15)20-12-7-5-11(6-8-12)10(2)3/h5-10H,4H2,1-3H3,(H,17,18,19). The molecule has 4 nitrogen and oxygen atoms in total. The van der Waals surface area contributed by atoms with E-state index in [1.807, 2.05) is 31.2 Å². The van der Waals surface area contributed by atoms with E-state index in [2.05, 4.69) is 29.1 Å². The van der Waals surface area contributed by atoms with E-state index in [1.54, 1.807) is 0 Å². The van der Waals surface area contributed by atoms with Gasteiger partial charge < -0.3 is 10.1 Å². The van der Waals surface area contributed by atoms with E-state index >= 15 is 0 Å². The Balaban J connectivity index is 2.18. The summed E-state index contributed by atoms with van der Waals surface area (Å²) < 4.78 is 5.71. The normalized spacial score (nSPS) is 10.7. The van der Waals surface area contributed by atoms with Crippen molar-refractivity contribution < 1.29 is 4.74 Å². The third kappa shape index (κ3) is 3.61. The lowest BCUT2D eigenvalue weighted by Gasteiger charge is -2.10. The van der Waals surface area contributed by atoms with Crippen LogP contribution in [0, 0.1) is 0 Å². The quantitative estimate of drug-likeness (QED) is 0.882. The van der Waals surface area contributed by atoms with Crippen LogP contribution in [0.3, 0.4) is 0 Å². The molecule has 1 aromatic carbocycles.